The summed E-state index contributed by atoms with van der Waals surface area (Å²) in [6.45, 7) is 0. The van der Waals surface area contributed by atoms with Crippen LogP contribution in [0.2, 0.25) is 0 Å². The quantitative estimate of drug-likeness (QED) is 0.175. The molecule has 0 radical (unpaired) electrons. The second-order valence-electron chi connectivity index (χ2n) is 15.4. The van der Waals surface area contributed by atoms with Crippen molar-refractivity contribution >= 4 is 77.2 Å². The summed E-state index contributed by atoms with van der Waals surface area (Å²) in [6, 6.07) is 61.4. The van der Waals surface area contributed by atoms with Crippen LogP contribution < -0.4 is 0 Å². The number of rotatable bonds is 5. The molecule has 0 spiro atoms. The van der Waals surface area contributed by atoms with Gasteiger partial charge in [-0.3, -0.25) is 9.98 Å². The molecule has 59 heavy (non-hydrogen) atoms. The Hall–Kier alpha value is -7.50. The van der Waals surface area contributed by atoms with Crippen LogP contribution in [0.25, 0.3) is 88.1 Å². The van der Waals surface area contributed by atoms with Crippen molar-refractivity contribution < 1.29 is 13.3 Å². The summed E-state index contributed by atoms with van der Waals surface area (Å²) in [4.78, 5) is 11.1. The molecule has 12 rings (SSSR count). The zero-order valence-electron chi connectivity index (χ0n) is 32.1. The number of furan rings is 3. The van der Waals surface area contributed by atoms with E-state index in [-0.39, 0.29) is 0 Å². The molecular weight excluding hydrogens is 725 g/mol. The Labute approximate surface area is 339 Å². The maximum atomic E-state index is 6.73. The van der Waals surface area contributed by atoms with Crippen molar-refractivity contribution in [2.75, 3.05) is 0 Å². The summed E-state index contributed by atoms with van der Waals surface area (Å²) in [7, 11) is 0. The van der Waals surface area contributed by atoms with Crippen LogP contribution >= 0.6 is 0 Å². The fourth-order valence-electron chi connectivity index (χ4n) is 9.08. The average molecular weight is 761 g/mol. The van der Waals surface area contributed by atoms with Gasteiger partial charge in [0.05, 0.1) is 0 Å². The number of hydrogen-bond donors (Lipinski definition) is 0. The van der Waals surface area contributed by atoms with E-state index in [1.165, 1.54) is 0 Å². The van der Waals surface area contributed by atoms with E-state index in [1.54, 1.807) is 0 Å². The maximum absolute atomic E-state index is 6.73. The van der Waals surface area contributed by atoms with E-state index < -0.39 is 6.17 Å². The first-order valence-corrected chi connectivity index (χ1v) is 20.3. The summed E-state index contributed by atoms with van der Waals surface area (Å²) >= 11 is 0. The predicted molar refractivity (Wildman–Crippen MR) is 242 cm³/mol. The highest BCUT2D eigenvalue weighted by molar-refractivity contribution is 6.23. The molecule has 0 saturated carbocycles. The molecule has 1 atom stereocenters. The number of hydrogen-bond acceptors (Lipinski definition) is 5. The van der Waals surface area contributed by atoms with Gasteiger partial charge in [0.2, 0.25) is 0 Å². The highest BCUT2D eigenvalue weighted by Gasteiger charge is 2.25. The van der Waals surface area contributed by atoms with Gasteiger partial charge in [-0.15, -0.1) is 0 Å². The third-order valence-corrected chi connectivity index (χ3v) is 11.9. The summed E-state index contributed by atoms with van der Waals surface area (Å²) in [5, 5.41) is 6.52. The molecule has 1 aliphatic rings. The summed E-state index contributed by atoms with van der Waals surface area (Å²) in [5.41, 5.74) is 15.0. The van der Waals surface area contributed by atoms with Crippen LogP contribution in [0.3, 0.4) is 0 Å². The lowest BCUT2D eigenvalue weighted by Crippen LogP contribution is -2.13. The Morgan fingerprint density at radius 1 is 0.373 bits per heavy atom. The molecule has 5 heteroatoms. The Balaban J connectivity index is 1.11. The van der Waals surface area contributed by atoms with Gasteiger partial charge < -0.3 is 13.3 Å². The third-order valence-electron chi connectivity index (χ3n) is 11.9. The van der Waals surface area contributed by atoms with Crippen molar-refractivity contribution in [3.05, 3.63) is 193 Å². The van der Waals surface area contributed by atoms with Gasteiger partial charge in [-0.1, -0.05) is 115 Å². The highest BCUT2D eigenvalue weighted by atomic mass is 16.3. The Morgan fingerprint density at radius 2 is 0.864 bits per heavy atom. The number of nitrogens with zero attached hydrogens (tertiary/aromatic N) is 2. The SMILES string of the molecule is c1ccc(C2=NC(c3ccccc3)N=C(c3c(-c4ccc5oc6ccccc6c5c4)ccc4oc5ccc(-c6ccc7oc8ccccc8c7c6)cc5c34)CCC2)cc1. The standard InChI is InChI=1S/C54H36N2O3/c1-3-12-33(13-4-1)44-18-11-19-45(56-54(55-44)34-14-5-2-6-15-34)52-38(37-24-28-49-42(32-37)40-17-8-10-21-47(40)58-49)25-29-51-53(52)43-31-36(23-27-50(43)59-51)35-22-26-48-41(30-35)39-16-7-9-20-46(39)57-48/h1-10,12-17,20-32,54H,11,18-19H2. The first kappa shape index (κ1) is 33.6. The molecule has 5 nitrogen and oxygen atoms in total. The second kappa shape index (κ2) is 13.6. The molecule has 0 fully saturated rings. The van der Waals surface area contributed by atoms with Gasteiger partial charge in [0, 0.05) is 49.3 Å². The van der Waals surface area contributed by atoms with Crippen LogP contribution in [-0.4, -0.2) is 11.4 Å². The van der Waals surface area contributed by atoms with Crippen molar-refractivity contribution in [2.45, 2.75) is 25.4 Å². The van der Waals surface area contributed by atoms with Crippen LogP contribution in [0.5, 0.6) is 0 Å². The summed E-state index contributed by atoms with van der Waals surface area (Å²) < 4.78 is 19.2. The van der Waals surface area contributed by atoms with Crippen LogP contribution in [0.1, 0.15) is 42.1 Å². The normalized spacial score (nSPS) is 14.9. The predicted octanol–water partition coefficient (Wildman–Crippen LogP) is 14.9. The summed E-state index contributed by atoms with van der Waals surface area (Å²) in [6.07, 6.45) is 2.09. The molecule has 1 unspecified atom stereocenters. The number of para-hydroxylation sites is 2. The minimum atomic E-state index is -0.421. The molecule has 1 aliphatic heterocycles. The number of fused-ring (bicyclic) bond motifs is 9. The molecule has 0 saturated heterocycles. The van der Waals surface area contributed by atoms with Crippen LogP contribution in [0, 0.1) is 0 Å². The van der Waals surface area contributed by atoms with E-state index in [1.807, 2.05) is 24.3 Å². The van der Waals surface area contributed by atoms with Crippen molar-refractivity contribution in [1.29, 1.82) is 0 Å². The molecule has 0 aliphatic carbocycles. The van der Waals surface area contributed by atoms with Gasteiger partial charge in [-0.2, -0.15) is 0 Å². The minimum absolute atomic E-state index is 0.421. The maximum Gasteiger partial charge on any atom is 0.165 e. The van der Waals surface area contributed by atoms with Crippen molar-refractivity contribution in [3.8, 4) is 22.3 Å². The van der Waals surface area contributed by atoms with Gasteiger partial charge >= 0.3 is 0 Å². The number of benzene rings is 8. The molecular formula is C54H36N2O3. The van der Waals surface area contributed by atoms with Gasteiger partial charge in [-0.05, 0) is 113 Å². The van der Waals surface area contributed by atoms with Gasteiger partial charge in [0.1, 0.15) is 33.5 Å². The van der Waals surface area contributed by atoms with Crippen molar-refractivity contribution in [1.82, 2.24) is 0 Å². The first-order chi connectivity index (χ1) is 29.2. The fraction of sp³-hybridized carbons (Fsp3) is 0.0741. The molecule has 0 bridgehead atoms. The van der Waals surface area contributed by atoms with E-state index in [9.17, 15) is 0 Å². The van der Waals surface area contributed by atoms with Crippen LogP contribution in [0.4, 0.5) is 0 Å². The third kappa shape index (κ3) is 5.69. The molecule has 3 aromatic heterocycles. The number of aliphatic imine (C=N–C) groups is 2. The monoisotopic (exact) mass is 760 g/mol. The van der Waals surface area contributed by atoms with E-state index in [0.717, 1.165) is 135 Å². The van der Waals surface area contributed by atoms with Crippen LogP contribution in [0.15, 0.2) is 199 Å². The minimum Gasteiger partial charge on any atom is -0.456 e. The molecule has 4 heterocycles. The lowest BCUT2D eigenvalue weighted by molar-refractivity contribution is 0.668. The second-order valence-corrected chi connectivity index (χ2v) is 15.4. The van der Waals surface area contributed by atoms with E-state index in [0.29, 0.717) is 0 Å². The Bertz CT molecular complexity index is 3480. The Morgan fingerprint density at radius 3 is 1.56 bits per heavy atom. The van der Waals surface area contributed by atoms with Gasteiger partial charge in [0.15, 0.2) is 6.17 Å². The fourth-order valence-corrected chi connectivity index (χ4v) is 9.08. The van der Waals surface area contributed by atoms with E-state index >= 15 is 0 Å². The molecule has 0 amide bonds. The lowest BCUT2D eigenvalue weighted by Gasteiger charge is -2.21. The van der Waals surface area contributed by atoms with Crippen molar-refractivity contribution in [3.63, 3.8) is 0 Å². The lowest BCUT2D eigenvalue weighted by atomic mass is 9.88. The van der Waals surface area contributed by atoms with E-state index in [2.05, 4.69) is 152 Å². The molecule has 8 aromatic carbocycles. The van der Waals surface area contributed by atoms with Crippen LogP contribution in [-0.2, 0) is 0 Å². The van der Waals surface area contributed by atoms with E-state index in [4.69, 9.17) is 23.2 Å². The molecule has 0 N–H and O–H groups in total. The first-order valence-electron chi connectivity index (χ1n) is 20.3. The van der Waals surface area contributed by atoms with Crippen molar-refractivity contribution in [2.24, 2.45) is 9.98 Å². The topological polar surface area (TPSA) is 64.1 Å². The zero-order valence-corrected chi connectivity index (χ0v) is 32.1. The van der Waals surface area contributed by atoms with Gasteiger partial charge in [0.25, 0.3) is 0 Å². The zero-order chi connectivity index (χ0) is 38.9. The molecule has 11 aromatic rings. The average Bonchev–Trinajstić information content (AvgIpc) is 3.97. The Kier molecular flexibility index (Phi) is 7.73. The largest absolute Gasteiger partial charge is 0.456 e. The summed E-state index contributed by atoms with van der Waals surface area (Å²) in [5.74, 6) is 0. The molecule has 280 valence electrons. The smallest absolute Gasteiger partial charge is 0.165 e. The van der Waals surface area contributed by atoms with Gasteiger partial charge in [-0.25, -0.2) is 0 Å². The highest BCUT2D eigenvalue weighted by Crippen LogP contribution is 2.43.